The molecule has 1 aliphatic rings. The molecule has 0 aliphatic carbocycles. The molecule has 2 heterocycles. The van der Waals surface area contributed by atoms with Crippen LogP contribution in [0.15, 0.2) is 42.7 Å². The van der Waals surface area contributed by atoms with Crippen molar-refractivity contribution in [3.63, 3.8) is 0 Å². The van der Waals surface area contributed by atoms with Gasteiger partial charge in [-0.05, 0) is 24.1 Å². The summed E-state index contributed by atoms with van der Waals surface area (Å²) in [6, 6.07) is 9.35. The molecule has 2 aromatic rings. The van der Waals surface area contributed by atoms with Gasteiger partial charge in [0.15, 0.2) is 0 Å². The first-order valence-corrected chi connectivity index (χ1v) is 8.79. The second-order valence-electron chi connectivity index (χ2n) is 6.34. The van der Waals surface area contributed by atoms with E-state index in [-0.39, 0.29) is 0 Å². The van der Waals surface area contributed by atoms with E-state index in [1.54, 1.807) is 19.4 Å². The predicted octanol–water partition coefficient (Wildman–Crippen LogP) is 3.58. The number of aromatic nitrogens is 1. The van der Waals surface area contributed by atoms with Gasteiger partial charge in [0.25, 0.3) is 0 Å². The zero-order chi connectivity index (χ0) is 19.2. The van der Waals surface area contributed by atoms with E-state index in [1.807, 2.05) is 35.2 Å². The van der Waals surface area contributed by atoms with E-state index in [0.29, 0.717) is 19.5 Å². The minimum absolute atomic E-state index is 0.370. The molecule has 1 aliphatic heterocycles. The van der Waals surface area contributed by atoms with Crippen molar-refractivity contribution in [2.24, 2.45) is 0 Å². The van der Waals surface area contributed by atoms with Crippen molar-refractivity contribution in [3.05, 3.63) is 53.9 Å². The molecule has 0 unspecified atom stereocenters. The van der Waals surface area contributed by atoms with Crippen LogP contribution in [0.4, 0.5) is 21.6 Å². The maximum atomic E-state index is 13.5. The Balaban J connectivity index is 1.89. The first-order chi connectivity index (χ1) is 13.1. The molecule has 27 heavy (non-hydrogen) atoms. The Bertz CT molecular complexity index is 863. The van der Waals surface area contributed by atoms with E-state index < -0.39 is 6.17 Å². The van der Waals surface area contributed by atoms with Crippen LogP contribution in [-0.4, -0.2) is 43.7 Å². The second kappa shape index (κ2) is 8.44. The number of allylic oxidation sites excluding steroid dienone is 1. The highest BCUT2D eigenvalue weighted by Crippen LogP contribution is 2.27. The molecule has 4 N–H and O–H groups in total. The predicted molar refractivity (Wildman–Crippen MR) is 109 cm³/mol. The Labute approximate surface area is 158 Å². The molecule has 0 radical (unpaired) electrons. The molecule has 0 bridgehead atoms. The highest BCUT2D eigenvalue weighted by molar-refractivity contribution is 6.09. The van der Waals surface area contributed by atoms with Gasteiger partial charge in [-0.25, -0.2) is 9.37 Å². The van der Waals surface area contributed by atoms with Gasteiger partial charge in [0.2, 0.25) is 0 Å². The van der Waals surface area contributed by atoms with E-state index in [0.717, 1.165) is 33.9 Å². The second-order valence-corrected chi connectivity index (χ2v) is 6.34. The van der Waals surface area contributed by atoms with Gasteiger partial charge in [0, 0.05) is 67.0 Å². The third-order valence-electron chi connectivity index (χ3n) is 4.48. The lowest BCUT2D eigenvalue weighted by Crippen LogP contribution is -2.21. The van der Waals surface area contributed by atoms with Crippen LogP contribution in [0.25, 0.3) is 5.57 Å². The van der Waals surface area contributed by atoms with Crippen molar-refractivity contribution < 1.29 is 4.39 Å². The normalized spacial score (nSPS) is 16.9. The number of halogens is 1. The topological polar surface area (TPSA) is 87.9 Å². The SMILES string of the molecule is CN/C=C(\C=N)c1ccc(C=N)c(Nc2ccnc(N3CC[C@H](F)C3)c2)c1. The van der Waals surface area contributed by atoms with Crippen LogP contribution in [0.5, 0.6) is 0 Å². The van der Waals surface area contributed by atoms with E-state index in [2.05, 4.69) is 15.6 Å². The zero-order valence-electron chi connectivity index (χ0n) is 15.2. The summed E-state index contributed by atoms with van der Waals surface area (Å²) in [6.07, 6.45) is 5.74. The van der Waals surface area contributed by atoms with Gasteiger partial charge in [0.1, 0.15) is 12.0 Å². The third kappa shape index (κ3) is 4.31. The number of nitrogens with zero attached hydrogens (tertiary/aromatic N) is 2. The molecule has 0 amide bonds. The molecule has 0 saturated carbocycles. The summed E-state index contributed by atoms with van der Waals surface area (Å²) < 4.78 is 13.5. The fourth-order valence-electron chi connectivity index (χ4n) is 3.08. The van der Waals surface area contributed by atoms with Gasteiger partial charge in [-0.3, -0.25) is 0 Å². The fourth-order valence-corrected chi connectivity index (χ4v) is 3.08. The lowest BCUT2D eigenvalue weighted by Gasteiger charge is -2.18. The molecule has 1 fully saturated rings. The summed E-state index contributed by atoms with van der Waals surface area (Å²) in [5, 5.41) is 21.5. The largest absolute Gasteiger partial charge is 0.393 e. The van der Waals surface area contributed by atoms with Gasteiger partial charge in [-0.2, -0.15) is 0 Å². The Morgan fingerprint density at radius 1 is 1.30 bits per heavy atom. The Hall–Kier alpha value is -3.22. The average molecular weight is 366 g/mol. The van der Waals surface area contributed by atoms with Crippen LogP contribution in [0.2, 0.25) is 0 Å². The summed E-state index contributed by atoms with van der Waals surface area (Å²) in [4.78, 5) is 6.29. The Kier molecular flexibility index (Phi) is 5.80. The van der Waals surface area contributed by atoms with Crippen molar-refractivity contribution in [1.82, 2.24) is 10.3 Å². The quantitative estimate of drug-likeness (QED) is 0.564. The number of hydrogen-bond donors (Lipinski definition) is 4. The van der Waals surface area contributed by atoms with Crippen LogP contribution >= 0.6 is 0 Å². The molecule has 6 nitrogen and oxygen atoms in total. The fraction of sp³-hybridized carbons (Fsp3) is 0.250. The van der Waals surface area contributed by atoms with Gasteiger partial charge in [0.05, 0.1) is 6.54 Å². The highest BCUT2D eigenvalue weighted by atomic mass is 19.1. The monoisotopic (exact) mass is 366 g/mol. The minimum Gasteiger partial charge on any atom is -0.393 e. The standard InChI is InChI=1S/C20H23FN6/c1-24-12-16(11-23)14-2-3-15(10-22)19(8-14)26-18-4-6-25-20(9-18)27-7-5-17(21)13-27/h2-4,6,8-12,17,22-24H,5,7,13H2,1H3,(H,25,26)/b16-12+,22-10?,23-11?/t17-/m0/s1. The summed E-state index contributed by atoms with van der Waals surface area (Å²) in [6.45, 7) is 1.03. The third-order valence-corrected chi connectivity index (χ3v) is 4.48. The molecule has 1 saturated heterocycles. The lowest BCUT2D eigenvalue weighted by molar-refractivity contribution is 0.364. The molecule has 140 valence electrons. The van der Waals surface area contributed by atoms with Gasteiger partial charge < -0.3 is 26.4 Å². The van der Waals surface area contributed by atoms with Crippen LogP contribution in [0.1, 0.15) is 17.5 Å². The number of anilines is 3. The lowest BCUT2D eigenvalue weighted by atomic mass is 10.0. The molecule has 0 spiro atoms. The molecule has 1 aromatic heterocycles. The van der Waals surface area contributed by atoms with E-state index in [4.69, 9.17) is 10.8 Å². The first-order valence-electron chi connectivity index (χ1n) is 8.79. The average Bonchev–Trinajstić information content (AvgIpc) is 3.13. The molecule has 3 rings (SSSR count). The van der Waals surface area contributed by atoms with Crippen molar-refractivity contribution in [3.8, 4) is 0 Å². The molecule has 1 atom stereocenters. The summed E-state index contributed by atoms with van der Waals surface area (Å²) in [7, 11) is 1.79. The maximum Gasteiger partial charge on any atom is 0.130 e. The van der Waals surface area contributed by atoms with Crippen LogP contribution in [0, 0.1) is 10.8 Å². The van der Waals surface area contributed by atoms with Gasteiger partial charge in [-0.15, -0.1) is 0 Å². The van der Waals surface area contributed by atoms with Crippen molar-refractivity contribution in [2.45, 2.75) is 12.6 Å². The minimum atomic E-state index is -0.803. The molecule has 1 aromatic carbocycles. The van der Waals surface area contributed by atoms with Crippen molar-refractivity contribution >= 4 is 35.2 Å². The number of alkyl halides is 1. The van der Waals surface area contributed by atoms with Gasteiger partial charge in [-0.1, -0.05) is 12.1 Å². The number of hydrogen-bond acceptors (Lipinski definition) is 6. The van der Waals surface area contributed by atoms with Gasteiger partial charge >= 0.3 is 0 Å². The maximum absolute atomic E-state index is 13.5. The summed E-state index contributed by atoms with van der Waals surface area (Å²) in [5.74, 6) is 0.739. The summed E-state index contributed by atoms with van der Waals surface area (Å²) in [5.41, 5.74) is 3.90. The van der Waals surface area contributed by atoms with Crippen LogP contribution < -0.4 is 15.5 Å². The number of nitrogens with one attached hydrogen (secondary N) is 4. The smallest absolute Gasteiger partial charge is 0.130 e. The molecular weight excluding hydrogens is 343 g/mol. The first kappa shape index (κ1) is 18.6. The Morgan fingerprint density at radius 3 is 2.81 bits per heavy atom. The molecule has 7 heteroatoms. The van der Waals surface area contributed by atoms with Crippen LogP contribution in [-0.2, 0) is 0 Å². The number of pyridine rings is 1. The van der Waals surface area contributed by atoms with Crippen LogP contribution in [0.3, 0.4) is 0 Å². The zero-order valence-corrected chi connectivity index (χ0v) is 15.2. The number of benzene rings is 1. The van der Waals surface area contributed by atoms with E-state index >= 15 is 0 Å². The molecular formula is C20H23FN6. The summed E-state index contributed by atoms with van der Waals surface area (Å²) >= 11 is 0. The Morgan fingerprint density at radius 2 is 2.15 bits per heavy atom. The van der Waals surface area contributed by atoms with Crippen molar-refractivity contribution in [2.75, 3.05) is 30.4 Å². The highest BCUT2D eigenvalue weighted by Gasteiger charge is 2.22. The van der Waals surface area contributed by atoms with Crippen molar-refractivity contribution in [1.29, 1.82) is 10.8 Å². The number of rotatable bonds is 7. The van der Waals surface area contributed by atoms with E-state index in [9.17, 15) is 4.39 Å². The van der Waals surface area contributed by atoms with E-state index in [1.165, 1.54) is 12.4 Å².